The molecule has 3 aromatic rings. The van der Waals surface area contributed by atoms with Gasteiger partial charge in [0.15, 0.2) is 0 Å². The normalized spacial score (nSPS) is 14.9. The smallest absolute Gasteiger partial charge is 0.0705 e. The lowest BCUT2D eigenvalue weighted by Crippen LogP contribution is -1.90. The lowest BCUT2D eigenvalue weighted by molar-refractivity contribution is 1.22. The first-order valence-corrected chi connectivity index (χ1v) is 6.79. The van der Waals surface area contributed by atoms with Crippen LogP contribution in [0.1, 0.15) is 23.5 Å². The Hall–Kier alpha value is -2.41. The van der Waals surface area contributed by atoms with Crippen molar-refractivity contribution in [3.8, 4) is 22.4 Å². The maximum Gasteiger partial charge on any atom is 0.0705 e. The quantitative estimate of drug-likeness (QED) is 0.616. The van der Waals surface area contributed by atoms with E-state index >= 15 is 0 Å². The summed E-state index contributed by atoms with van der Waals surface area (Å²) in [4.78, 5) is 4.38. The average Bonchev–Trinajstić information content (AvgIpc) is 2.61. The van der Waals surface area contributed by atoms with Gasteiger partial charge in [-0.3, -0.25) is 4.98 Å². The fourth-order valence-corrected chi connectivity index (χ4v) is 2.28. The number of benzene rings is 2. The molecule has 0 amide bonds. The van der Waals surface area contributed by atoms with Crippen LogP contribution < -0.4 is 0 Å². The predicted octanol–water partition coefficient (Wildman–Crippen LogP) is 5.34. The number of nitrogens with zero attached hydrogens (tertiary/aromatic N) is 1. The van der Waals surface area contributed by atoms with Crippen LogP contribution in [-0.2, 0) is 0 Å². The third kappa shape index (κ3) is 2.73. The van der Waals surface area contributed by atoms with Gasteiger partial charge in [-0.2, -0.15) is 0 Å². The van der Waals surface area contributed by atoms with E-state index in [0.717, 1.165) is 16.7 Å². The average molecular weight is 278 g/mol. The number of aryl methyl sites for hydroxylation is 3. The lowest BCUT2D eigenvalue weighted by atomic mass is 9.96. The molecule has 0 radical (unpaired) electrons. The van der Waals surface area contributed by atoms with E-state index in [2.05, 4.69) is 4.98 Å². The summed E-state index contributed by atoms with van der Waals surface area (Å²) in [5, 5.41) is 0. The van der Waals surface area contributed by atoms with Crippen molar-refractivity contribution in [3.05, 3.63) is 77.5 Å². The van der Waals surface area contributed by atoms with Crippen molar-refractivity contribution in [2.75, 3.05) is 0 Å². The van der Waals surface area contributed by atoms with Crippen LogP contribution in [-0.4, -0.2) is 4.98 Å². The molecule has 0 aliphatic carbocycles. The molecule has 0 aliphatic rings. The maximum atomic E-state index is 7.82. The SMILES string of the molecule is [2H]C([2H])c1cnc(-c2ccc(C([2H])([2H])[2H])c(-c3ccccc3)c2)cc1C. The first kappa shape index (κ1) is 8.78. The van der Waals surface area contributed by atoms with Crippen molar-refractivity contribution in [1.82, 2.24) is 4.98 Å². The maximum absolute atomic E-state index is 7.82. The number of hydrogen-bond donors (Lipinski definition) is 0. The minimum absolute atomic E-state index is 0.304. The first-order chi connectivity index (χ1) is 12.3. The Morgan fingerprint density at radius 3 is 2.43 bits per heavy atom. The molecular formula is C20H19N. The summed E-state index contributed by atoms with van der Waals surface area (Å²) >= 11 is 0. The molecule has 0 atom stereocenters. The largest absolute Gasteiger partial charge is 0.256 e. The van der Waals surface area contributed by atoms with E-state index in [9.17, 15) is 0 Å². The van der Waals surface area contributed by atoms with Crippen LogP contribution in [0.3, 0.4) is 0 Å². The molecule has 0 saturated carbocycles. The van der Waals surface area contributed by atoms with Gasteiger partial charge in [-0.1, -0.05) is 42.5 Å². The Morgan fingerprint density at radius 2 is 1.71 bits per heavy atom. The van der Waals surface area contributed by atoms with Crippen molar-refractivity contribution in [2.24, 2.45) is 0 Å². The van der Waals surface area contributed by atoms with Gasteiger partial charge in [0.2, 0.25) is 0 Å². The number of rotatable bonds is 2. The topological polar surface area (TPSA) is 12.9 Å². The van der Waals surface area contributed by atoms with Crippen molar-refractivity contribution >= 4 is 0 Å². The van der Waals surface area contributed by atoms with E-state index in [0.29, 0.717) is 22.4 Å². The van der Waals surface area contributed by atoms with Crippen LogP contribution >= 0.6 is 0 Å². The van der Waals surface area contributed by atoms with Crippen LogP contribution in [0.25, 0.3) is 22.4 Å². The second kappa shape index (κ2) is 5.53. The Balaban J connectivity index is 2.15. The van der Waals surface area contributed by atoms with Crippen molar-refractivity contribution in [3.63, 3.8) is 0 Å². The molecule has 2 aromatic carbocycles. The van der Waals surface area contributed by atoms with Gasteiger partial charge in [0.25, 0.3) is 0 Å². The standard InChI is InChI=1S/C20H19N/c1-14-9-10-18(20-11-15(2)16(3)13-21-20)12-19(14)17-7-5-4-6-8-17/h4-13H,1-3H3/i1D3,3D2. The summed E-state index contributed by atoms with van der Waals surface area (Å²) in [6.45, 7) is -1.43. The highest BCUT2D eigenvalue weighted by atomic mass is 14.7. The van der Waals surface area contributed by atoms with E-state index in [4.69, 9.17) is 6.85 Å². The minimum Gasteiger partial charge on any atom is -0.256 e. The lowest BCUT2D eigenvalue weighted by Gasteiger charge is -2.10. The summed E-state index contributed by atoms with van der Waals surface area (Å²) in [6.07, 6.45) is 1.55. The third-order valence-electron chi connectivity index (χ3n) is 3.55. The van der Waals surface area contributed by atoms with Gasteiger partial charge in [-0.15, -0.1) is 0 Å². The van der Waals surface area contributed by atoms with E-state index in [1.165, 1.54) is 0 Å². The second-order valence-corrected chi connectivity index (χ2v) is 5.05. The Bertz CT molecular complexity index is 917. The zero-order valence-corrected chi connectivity index (χ0v) is 11.8. The van der Waals surface area contributed by atoms with Crippen LogP contribution in [0.2, 0.25) is 0 Å². The highest BCUT2D eigenvalue weighted by molar-refractivity contribution is 5.74. The van der Waals surface area contributed by atoms with E-state index in [1.807, 2.05) is 49.4 Å². The van der Waals surface area contributed by atoms with Crippen LogP contribution in [0, 0.1) is 20.7 Å². The molecule has 0 N–H and O–H groups in total. The highest BCUT2D eigenvalue weighted by Gasteiger charge is 2.06. The van der Waals surface area contributed by atoms with Gasteiger partial charge >= 0.3 is 0 Å². The minimum atomic E-state index is -2.21. The summed E-state index contributed by atoms with van der Waals surface area (Å²) < 4.78 is 38.6. The molecular weight excluding hydrogens is 254 g/mol. The third-order valence-corrected chi connectivity index (χ3v) is 3.55. The van der Waals surface area contributed by atoms with Gasteiger partial charge in [0.05, 0.1) is 5.69 Å². The summed E-state index contributed by atoms with van der Waals surface area (Å²) in [6, 6.07) is 16.5. The second-order valence-electron chi connectivity index (χ2n) is 5.05. The van der Waals surface area contributed by atoms with Gasteiger partial charge in [0, 0.05) is 18.6 Å². The van der Waals surface area contributed by atoms with Gasteiger partial charge < -0.3 is 0 Å². The highest BCUT2D eigenvalue weighted by Crippen LogP contribution is 2.29. The summed E-state index contributed by atoms with van der Waals surface area (Å²) in [5.74, 6) is 0. The fraction of sp³-hybridized carbons (Fsp3) is 0.150. The molecule has 0 saturated heterocycles. The van der Waals surface area contributed by atoms with Crippen molar-refractivity contribution in [2.45, 2.75) is 20.7 Å². The fourth-order valence-electron chi connectivity index (χ4n) is 2.28. The van der Waals surface area contributed by atoms with Crippen molar-refractivity contribution < 1.29 is 6.85 Å². The van der Waals surface area contributed by atoms with E-state index in [-0.39, 0.29) is 0 Å². The van der Waals surface area contributed by atoms with Crippen molar-refractivity contribution in [1.29, 1.82) is 0 Å². The molecule has 3 rings (SSSR count). The molecule has 1 heteroatoms. The molecule has 1 nitrogen and oxygen atoms in total. The van der Waals surface area contributed by atoms with Crippen LogP contribution in [0.4, 0.5) is 0 Å². The van der Waals surface area contributed by atoms with Gasteiger partial charge in [-0.25, -0.2) is 0 Å². The molecule has 104 valence electrons. The number of aromatic nitrogens is 1. The zero-order valence-electron chi connectivity index (χ0n) is 16.8. The first-order valence-electron chi connectivity index (χ1n) is 9.44. The Kier molecular flexibility index (Phi) is 2.31. The van der Waals surface area contributed by atoms with E-state index < -0.39 is 13.7 Å². The summed E-state index contributed by atoms with van der Waals surface area (Å²) in [7, 11) is 0. The molecule has 1 heterocycles. The molecule has 0 aliphatic heterocycles. The zero-order chi connectivity index (χ0) is 18.9. The monoisotopic (exact) mass is 278 g/mol. The van der Waals surface area contributed by atoms with E-state index in [1.54, 1.807) is 18.3 Å². The number of hydrogen-bond acceptors (Lipinski definition) is 1. The molecule has 21 heavy (non-hydrogen) atoms. The Labute approximate surface area is 133 Å². The Morgan fingerprint density at radius 1 is 0.857 bits per heavy atom. The molecule has 0 fully saturated rings. The molecule has 0 unspecified atom stereocenters. The molecule has 1 aromatic heterocycles. The molecule has 0 bridgehead atoms. The predicted molar refractivity (Wildman–Crippen MR) is 89.3 cm³/mol. The molecule has 0 spiro atoms. The van der Waals surface area contributed by atoms with Crippen LogP contribution in [0.5, 0.6) is 0 Å². The number of pyridine rings is 1. The van der Waals surface area contributed by atoms with Gasteiger partial charge in [-0.05, 0) is 60.6 Å². The van der Waals surface area contributed by atoms with Gasteiger partial charge in [0.1, 0.15) is 0 Å². The van der Waals surface area contributed by atoms with Crippen LogP contribution in [0.15, 0.2) is 60.8 Å². The summed E-state index contributed by atoms with van der Waals surface area (Å²) in [5.41, 5.74) is 4.69.